The van der Waals surface area contributed by atoms with E-state index in [0.717, 1.165) is 49.9 Å². The summed E-state index contributed by atoms with van der Waals surface area (Å²) in [6.07, 6.45) is 5.53. The van der Waals surface area contributed by atoms with Crippen LogP contribution in [0, 0.1) is 34.5 Å². The predicted molar refractivity (Wildman–Crippen MR) is 160 cm³/mol. The minimum atomic E-state index is -0.747. The summed E-state index contributed by atoms with van der Waals surface area (Å²) in [5.41, 5.74) is -0.680. The summed E-state index contributed by atoms with van der Waals surface area (Å²) in [4.78, 5) is 57.6. The van der Waals surface area contributed by atoms with E-state index in [-0.39, 0.29) is 28.0 Å². The Bertz CT molecular complexity index is 1190. The predicted octanol–water partition coefficient (Wildman–Crippen LogP) is 6.02. The zero-order valence-electron chi connectivity index (χ0n) is 25.9. The third kappa shape index (κ3) is 8.81. The normalized spacial score (nSPS) is 21.8. The third-order valence-electron chi connectivity index (χ3n) is 7.51. The number of hydrogen-bond donors (Lipinski definition) is 0. The molecule has 1 saturated heterocycles. The molecule has 1 aliphatic carbocycles. The number of hydrogen-bond acceptors (Lipinski definition) is 7. The van der Waals surface area contributed by atoms with Gasteiger partial charge < -0.3 is 14.4 Å². The zero-order valence-corrected chi connectivity index (χ0v) is 26.7. The van der Waals surface area contributed by atoms with Crippen molar-refractivity contribution in [2.45, 2.75) is 99.5 Å². The number of carbonyl (C=O) groups excluding carboxylic acids is 4. The first-order valence-corrected chi connectivity index (χ1v) is 15.5. The Labute approximate surface area is 249 Å². The fourth-order valence-electron chi connectivity index (χ4n) is 4.99. The molecule has 3 rings (SSSR count). The van der Waals surface area contributed by atoms with Crippen LogP contribution in [-0.4, -0.2) is 55.1 Å². The van der Waals surface area contributed by atoms with Crippen LogP contribution in [0.5, 0.6) is 0 Å². The minimum Gasteiger partial charge on any atom is -0.427 e. The van der Waals surface area contributed by atoms with Crippen LogP contribution < -0.4 is 4.90 Å². The van der Waals surface area contributed by atoms with Gasteiger partial charge in [-0.25, -0.2) is 4.79 Å². The summed E-state index contributed by atoms with van der Waals surface area (Å²) >= 11 is 1.13. The van der Waals surface area contributed by atoms with E-state index in [1.807, 2.05) is 20.8 Å². The molecule has 2 aliphatic rings. The van der Waals surface area contributed by atoms with Gasteiger partial charge in [-0.15, -0.1) is 11.3 Å². The molecule has 0 spiro atoms. The lowest BCUT2D eigenvalue weighted by Gasteiger charge is -2.36. The van der Waals surface area contributed by atoms with Crippen molar-refractivity contribution in [1.82, 2.24) is 4.90 Å². The van der Waals surface area contributed by atoms with Gasteiger partial charge in [0, 0.05) is 24.9 Å². The highest BCUT2D eigenvalue weighted by atomic mass is 32.1. The van der Waals surface area contributed by atoms with Gasteiger partial charge in [0.2, 0.25) is 18.6 Å². The maximum absolute atomic E-state index is 14.3. The van der Waals surface area contributed by atoms with Crippen LogP contribution in [0.2, 0.25) is 0 Å². The number of rotatable bonds is 6. The first-order chi connectivity index (χ1) is 19.1. The molecule has 9 heteroatoms. The first-order valence-electron chi connectivity index (χ1n) is 14.7. The van der Waals surface area contributed by atoms with Crippen molar-refractivity contribution in [3.05, 3.63) is 15.8 Å². The largest absolute Gasteiger partial charge is 0.427 e. The molecule has 226 valence electrons. The summed E-state index contributed by atoms with van der Waals surface area (Å²) < 4.78 is 10.6. The Kier molecular flexibility index (Phi) is 10.7. The average Bonchev–Trinajstić information content (AvgIpc) is 3.24. The number of nitrogens with zero attached hydrogens (tertiary/aromatic N) is 2. The molecule has 0 aromatic carbocycles. The Hall–Kier alpha value is -2.86. The number of carbonyl (C=O) groups is 4. The number of anilines is 1. The highest BCUT2D eigenvalue weighted by Gasteiger charge is 2.40. The SMILES string of the molecule is CN1CCCC[C@H](N(c2cc(C#CC(C)(C)C)sc2C(=O)OCOC(=O)C(C)(C)C)C(=O)[C@H]2CC[C@H](C)CC2)C1=O. The number of amides is 2. The third-order valence-corrected chi connectivity index (χ3v) is 8.53. The molecule has 0 N–H and O–H groups in total. The molecular formula is C32H46N2O6S. The van der Waals surface area contributed by atoms with E-state index < -0.39 is 30.2 Å². The number of thiophene rings is 1. The molecule has 2 fully saturated rings. The summed E-state index contributed by atoms with van der Waals surface area (Å²) in [6.45, 7) is 13.4. The molecular weight excluding hydrogens is 540 g/mol. The van der Waals surface area contributed by atoms with Crippen LogP contribution in [0.1, 0.15) is 108 Å². The van der Waals surface area contributed by atoms with E-state index >= 15 is 0 Å². The highest BCUT2D eigenvalue weighted by molar-refractivity contribution is 7.15. The number of likely N-dealkylation sites (tertiary alicyclic amines) is 1. The van der Waals surface area contributed by atoms with Crippen LogP contribution in [0.4, 0.5) is 5.69 Å². The molecule has 41 heavy (non-hydrogen) atoms. The van der Waals surface area contributed by atoms with Crippen molar-refractivity contribution < 1.29 is 28.7 Å². The van der Waals surface area contributed by atoms with Gasteiger partial charge in [-0.05, 0) is 98.5 Å². The van der Waals surface area contributed by atoms with Gasteiger partial charge in [-0.2, -0.15) is 0 Å². The highest BCUT2D eigenvalue weighted by Crippen LogP contribution is 2.38. The molecule has 2 heterocycles. The van der Waals surface area contributed by atoms with Gasteiger partial charge in [-0.1, -0.05) is 18.8 Å². The van der Waals surface area contributed by atoms with E-state index in [9.17, 15) is 19.2 Å². The summed E-state index contributed by atoms with van der Waals surface area (Å²) in [5, 5.41) is 0. The van der Waals surface area contributed by atoms with E-state index in [1.54, 1.807) is 43.7 Å². The van der Waals surface area contributed by atoms with Crippen LogP contribution >= 0.6 is 11.3 Å². The van der Waals surface area contributed by atoms with Gasteiger partial charge in [-0.3, -0.25) is 19.3 Å². The second-order valence-electron chi connectivity index (χ2n) is 13.5. The minimum absolute atomic E-state index is 0.132. The molecule has 0 radical (unpaired) electrons. The standard InChI is InChI=1S/C32H46N2O6S/c1-21-12-14-22(15-13-21)27(35)34(24-11-9-10-18-33(8)28(24)36)25-19-23(16-17-31(2,3)4)41-26(25)29(37)39-20-40-30(38)32(5,6)7/h19,21-22,24H,9-15,18,20H2,1-8H3/t21-,22-,24-/m0/s1. The van der Waals surface area contributed by atoms with Crippen molar-refractivity contribution in [3.8, 4) is 11.8 Å². The Morgan fingerprint density at radius 2 is 1.68 bits per heavy atom. The fourth-order valence-corrected chi connectivity index (χ4v) is 5.89. The fraction of sp³-hybridized carbons (Fsp3) is 0.688. The molecule has 1 aromatic rings. The smallest absolute Gasteiger partial charge is 0.353 e. The summed E-state index contributed by atoms with van der Waals surface area (Å²) in [6, 6.07) is 1.01. The molecule has 2 amide bonds. The lowest BCUT2D eigenvalue weighted by Crippen LogP contribution is -2.52. The van der Waals surface area contributed by atoms with Gasteiger partial charge in [0.25, 0.3) is 0 Å². The molecule has 1 saturated carbocycles. The monoisotopic (exact) mass is 586 g/mol. The molecule has 0 bridgehead atoms. The molecule has 1 aromatic heterocycles. The van der Waals surface area contributed by atoms with E-state index in [1.165, 1.54) is 0 Å². The van der Waals surface area contributed by atoms with E-state index in [4.69, 9.17) is 9.47 Å². The van der Waals surface area contributed by atoms with E-state index in [2.05, 4.69) is 18.8 Å². The van der Waals surface area contributed by atoms with Crippen LogP contribution in [0.25, 0.3) is 0 Å². The molecule has 0 unspecified atom stereocenters. The molecule has 8 nitrogen and oxygen atoms in total. The van der Waals surface area contributed by atoms with Crippen LogP contribution in [-0.2, 0) is 23.9 Å². The van der Waals surface area contributed by atoms with Gasteiger partial charge in [0.15, 0.2) is 0 Å². The first kappa shape index (κ1) is 32.7. The average molecular weight is 587 g/mol. The second kappa shape index (κ2) is 13.4. The molecule has 1 atom stereocenters. The summed E-state index contributed by atoms with van der Waals surface area (Å²) in [5.74, 6) is 5.19. The Balaban J connectivity index is 2.06. The van der Waals surface area contributed by atoms with Crippen LogP contribution in [0.3, 0.4) is 0 Å². The van der Waals surface area contributed by atoms with Crippen LogP contribution in [0.15, 0.2) is 6.07 Å². The van der Waals surface area contributed by atoms with Crippen molar-refractivity contribution in [2.75, 3.05) is 25.3 Å². The summed E-state index contributed by atoms with van der Waals surface area (Å²) in [7, 11) is 1.76. The lowest BCUT2D eigenvalue weighted by molar-refractivity contribution is -0.161. The van der Waals surface area contributed by atoms with Gasteiger partial charge in [0.1, 0.15) is 10.9 Å². The molecule has 1 aliphatic heterocycles. The van der Waals surface area contributed by atoms with Crippen molar-refractivity contribution in [3.63, 3.8) is 0 Å². The lowest BCUT2D eigenvalue weighted by atomic mass is 9.82. The second-order valence-corrected chi connectivity index (χ2v) is 14.5. The maximum Gasteiger partial charge on any atom is 0.353 e. The quantitative estimate of drug-likeness (QED) is 0.230. The van der Waals surface area contributed by atoms with Crippen molar-refractivity contribution in [2.24, 2.45) is 22.7 Å². The topological polar surface area (TPSA) is 93.2 Å². The van der Waals surface area contributed by atoms with Gasteiger partial charge in [0.05, 0.1) is 16.0 Å². The maximum atomic E-state index is 14.3. The Morgan fingerprint density at radius 1 is 1.02 bits per heavy atom. The zero-order chi connectivity index (χ0) is 30.5. The number of esters is 2. The van der Waals surface area contributed by atoms with Crippen molar-refractivity contribution >= 4 is 40.8 Å². The van der Waals surface area contributed by atoms with E-state index in [0.29, 0.717) is 29.4 Å². The number of ether oxygens (including phenoxy) is 2. The van der Waals surface area contributed by atoms with Crippen molar-refractivity contribution in [1.29, 1.82) is 0 Å². The Morgan fingerprint density at radius 3 is 2.29 bits per heavy atom. The number of likely N-dealkylation sites (N-methyl/N-ethyl adjacent to an activating group) is 1. The van der Waals surface area contributed by atoms with Gasteiger partial charge >= 0.3 is 11.9 Å².